The second kappa shape index (κ2) is 15.4. The first-order chi connectivity index (χ1) is 13.5. The van der Waals surface area contributed by atoms with Crippen molar-refractivity contribution in [2.24, 2.45) is 11.8 Å². The molecule has 2 aliphatic carbocycles. The fourth-order valence-electron chi connectivity index (χ4n) is 2.86. The van der Waals surface area contributed by atoms with Crippen LogP contribution < -0.4 is 24.8 Å². The Bertz CT molecular complexity index is 804. The van der Waals surface area contributed by atoms with E-state index in [1.165, 1.54) is 26.1 Å². The number of halogens is 2. The van der Waals surface area contributed by atoms with Gasteiger partial charge in [0.15, 0.2) is 0 Å². The number of rotatable bonds is 2. The zero-order chi connectivity index (χ0) is 20.4. The molecule has 0 fully saturated rings. The van der Waals surface area contributed by atoms with Crippen LogP contribution in [0.3, 0.4) is 0 Å². The molecular formula is C27H28Cl2Ti-2. The zero-order valence-electron chi connectivity index (χ0n) is 18.0. The van der Waals surface area contributed by atoms with E-state index in [1.54, 1.807) is 0 Å². The van der Waals surface area contributed by atoms with Gasteiger partial charge in [0.1, 0.15) is 0 Å². The molecule has 2 atom stereocenters. The molecule has 0 spiro atoms. The number of allylic oxidation sites excluding steroid dienone is 8. The molecule has 156 valence electrons. The van der Waals surface area contributed by atoms with E-state index < -0.39 is 0 Å². The first-order valence-electron chi connectivity index (χ1n) is 9.71. The molecule has 0 saturated heterocycles. The van der Waals surface area contributed by atoms with Crippen LogP contribution in [-0.4, -0.2) is 3.81 Å². The molecule has 2 aliphatic rings. The monoisotopic (exact) mass is 470 g/mol. The first kappa shape index (κ1) is 28.6. The van der Waals surface area contributed by atoms with Crippen molar-refractivity contribution in [1.29, 1.82) is 0 Å². The zero-order valence-corrected chi connectivity index (χ0v) is 21.1. The van der Waals surface area contributed by atoms with E-state index in [9.17, 15) is 0 Å². The topological polar surface area (TPSA) is 0 Å². The quantitative estimate of drug-likeness (QED) is 0.447. The van der Waals surface area contributed by atoms with Gasteiger partial charge < -0.3 is 24.8 Å². The second-order valence-electron chi connectivity index (χ2n) is 7.06. The second-order valence-corrected chi connectivity index (χ2v) is 7.84. The molecule has 30 heavy (non-hydrogen) atoms. The number of hydrogen-bond donors (Lipinski definition) is 0. The molecule has 2 unspecified atom stereocenters. The van der Waals surface area contributed by atoms with Crippen molar-refractivity contribution >= 4 is 3.81 Å². The van der Waals surface area contributed by atoms with E-state index in [-0.39, 0.29) is 24.8 Å². The van der Waals surface area contributed by atoms with E-state index in [0.717, 1.165) is 0 Å². The summed E-state index contributed by atoms with van der Waals surface area (Å²) in [5.74, 6) is 1.11. The molecule has 0 N–H and O–H groups in total. The van der Waals surface area contributed by atoms with Gasteiger partial charge in [0, 0.05) is 0 Å². The molecule has 0 radical (unpaired) electrons. The molecule has 2 aromatic rings. The maximum atomic E-state index is 3.22. The summed E-state index contributed by atoms with van der Waals surface area (Å²) in [6.45, 7) is 8.40. The molecular weight excluding hydrogens is 443 g/mol. The van der Waals surface area contributed by atoms with Gasteiger partial charge in [-0.3, -0.25) is 12.2 Å². The normalized spacial score (nSPS) is 17.8. The summed E-state index contributed by atoms with van der Waals surface area (Å²) in [5, 5.41) is 0. The van der Waals surface area contributed by atoms with Crippen LogP contribution in [0.15, 0.2) is 96.1 Å². The summed E-state index contributed by atoms with van der Waals surface area (Å²) in [5.41, 5.74) is 5.12. The van der Waals surface area contributed by atoms with Crippen molar-refractivity contribution < 1.29 is 44.8 Å². The predicted molar refractivity (Wildman–Crippen MR) is 118 cm³/mol. The van der Waals surface area contributed by atoms with E-state index in [4.69, 9.17) is 0 Å². The van der Waals surface area contributed by atoms with Gasteiger partial charge in [0.25, 0.3) is 0 Å². The SMILES string of the molecule is CC1=[C-]C(C)C=C1.CC1=[C-]C(C)C=C1.[Cl-].[Cl-].[Ti+2]=[C](c1ccccc1)c1ccccc1. The standard InChI is InChI=1S/C13H10.2C7H9.2ClH.Ti/c1-3-7-12(8-4-1)11-13-9-5-2-6-10-13;2*1-6-3-4-7(2)5-6;;;/h1-10H;2*3-4,6H,1-2H3;2*1H;/q;2*-1;;;+2/p-2. The molecule has 3 heteroatoms. The van der Waals surface area contributed by atoms with Crippen LogP contribution in [0.1, 0.15) is 38.8 Å². The fourth-order valence-corrected chi connectivity index (χ4v) is 3.38. The predicted octanol–water partition coefficient (Wildman–Crippen LogP) is 0.694. The summed E-state index contributed by atoms with van der Waals surface area (Å²) in [4.78, 5) is 0. The molecule has 0 aliphatic heterocycles. The fraction of sp³-hybridized carbons (Fsp3) is 0.222. The minimum absolute atomic E-state index is 0. The Morgan fingerprint density at radius 3 is 1.20 bits per heavy atom. The average molecular weight is 471 g/mol. The Kier molecular flexibility index (Phi) is 14.6. The van der Waals surface area contributed by atoms with Gasteiger partial charge in [-0.25, -0.2) is 23.3 Å². The van der Waals surface area contributed by atoms with Gasteiger partial charge in [0.2, 0.25) is 0 Å². The van der Waals surface area contributed by atoms with Crippen molar-refractivity contribution in [3.8, 4) is 0 Å². The molecule has 0 heterocycles. The van der Waals surface area contributed by atoms with Crippen LogP contribution in [0.4, 0.5) is 0 Å². The minimum atomic E-state index is 0. The molecule has 2 aromatic carbocycles. The summed E-state index contributed by atoms with van der Waals surface area (Å²) >= 11 is 2.16. The van der Waals surface area contributed by atoms with Crippen molar-refractivity contribution in [2.75, 3.05) is 0 Å². The van der Waals surface area contributed by atoms with E-state index >= 15 is 0 Å². The molecule has 0 aromatic heterocycles. The van der Waals surface area contributed by atoms with E-state index in [1.807, 2.05) is 12.1 Å². The third kappa shape index (κ3) is 10.6. The van der Waals surface area contributed by atoms with Gasteiger partial charge >= 0.3 is 95.6 Å². The number of hydrogen-bond acceptors (Lipinski definition) is 0. The van der Waals surface area contributed by atoms with E-state index in [0.29, 0.717) is 11.8 Å². The Morgan fingerprint density at radius 1 is 0.667 bits per heavy atom. The molecule has 0 amide bonds. The van der Waals surface area contributed by atoms with E-state index in [2.05, 4.69) is 133 Å². The van der Waals surface area contributed by atoms with Crippen LogP contribution in [0, 0.1) is 24.0 Å². The van der Waals surface area contributed by atoms with Crippen molar-refractivity contribution in [2.45, 2.75) is 27.7 Å². The first-order valence-corrected chi connectivity index (χ1v) is 10.5. The molecule has 4 rings (SSSR count). The van der Waals surface area contributed by atoms with Gasteiger partial charge in [-0.05, 0) is 0 Å². The third-order valence-corrected chi connectivity index (χ3v) is 5.21. The van der Waals surface area contributed by atoms with Crippen LogP contribution in [0.5, 0.6) is 0 Å². The summed E-state index contributed by atoms with van der Waals surface area (Å²) in [6, 6.07) is 20.9. The van der Waals surface area contributed by atoms with Crippen molar-refractivity contribution in [1.82, 2.24) is 0 Å². The Balaban J connectivity index is 0.000000448. The molecule has 0 nitrogen and oxygen atoms in total. The van der Waals surface area contributed by atoms with Gasteiger partial charge in [-0.15, -0.1) is 0 Å². The Hall–Kier alpha value is -1.44. The summed E-state index contributed by atoms with van der Waals surface area (Å²) in [7, 11) is 0. The van der Waals surface area contributed by atoms with Crippen LogP contribution in [0.25, 0.3) is 0 Å². The van der Waals surface area contributed by atoms with Crippen LogP contribution in [0.2, 0.25) is 0 Å². The summed E-state index contributed by atoms with van der Waals surface area (Å²) < 4.78 is 1.33. The number of benzene rings is 2. The van der Waals surface area contributed by atoms with Gasteiger partial charge in [-0.2, -0.15) is 12.2 Å². The van der Waals surface area contributed by atoms with Gasteiger partial charge in [-0.1, -0.05) is 39.5 Å². The van der Waals surface area contributed by atoms with Crippen molar-refractivity contribution in [3.05, 3.63) is 119 Å². The molecule has 0 saturated carbocycles. The van der Waals surface area contributed by atoms with Crippen molar-refractivity contribution in [3.63, 3.8) is 0 Å². The van der Waals surface area contributed by atoms with Gasteiger partial charge in [0.05, 0.1) is 0 Å². The Labute approximate surface area is 206 Å². The maximum absolute atomic E-state index is 3.22. The van der Waals surface area contributed by atoms with Crippen LogP contribution >= 0.6 is 0 Å². The average Bonchev–Trinajstić information content (AvgIpc) is 3.29. The molecule has 0 bridgehead atoms. The third-order valence-electron chi connectivity index (χ3n) is 4.31. The van der Waals surface area contributed by atoms with Crippen LogP contribution in [-0.2, 0) is 20.0 Å². The summed E-state index contributed by atoms with van der Waals surface area (Å²) in [6.07, 6.45) is 14.9. The Morgan fingerprint density at radius 2 is 1.00 bits per heavy atom.